The summed E-state index contributed by atoms with van der Waals surface area (Å²) < 4.78 is 27.9. The number of hydrogen-bond acceptors (Lipinski definition) is 3. The molecular weight excluding hydrogens is 398 g/mol. The van der Waals surface area contributed by atoms with E-state index in [0.717, 1.165) is 5.56 Å². The SMILES string of the molecule is CCN(C1CCN(C(=O)/C=C/c2cc(C)n(C3CCCCC3)c2C)CC1)S(C)(=O)=O. The highest BCUT2D eigenvalue weighted by Gasteiger charge is 2.30. The van der Waals surface area contributed by atoms with Gasteiger partial charge in [0.1, 0.15) is 0 Å². The number of carbonyl (C=O) groups excluding carboxylic acids is 1. The van der Waals surface area contributed by atoms with Crippen molar-refractivity contribution in [3.8, 4) is 0 Å². The molecule has 1 amide bonds. The fourth-order valence-electron chi connectivity index (χ4n) is 5.28. The summed E-state index contributed by atoms with van der Waals surface area (Å²) in [7, 11) is -3.20. The molecule has 1 aliphatic heterocycles. The smallest absolute Gasteiger partial charge is 0.246 e. The molecule has 2 fully saturated rings. The molecule has 0 aromatic carbocycles. The summed E-state index contributed by atoms with van der Waals surface area (Å²) in [6.45, 7) is 7.86. The first-order valence-corrected chi connectivity index (χ1v) is 13.2. The predicted molar refractivity (Wildman–Crippen MR) is 122 cm³/mol. The van der Waals surface area contributed by atoms with Gasteiger partial charge in [-0.25, -0.2) is 8.42 Å². The standard InChI is InChI=1S/C23H37N3O3S/c1-5-25(30(4,28)29)21-13-15-24(16-14-21)23(27)12-11-20-17-18(2)26(19(20)3)22-9-7-6-8-10-22/h11-12,17,21-22H,5-10,13-16H2,1-4H3/b12-11+. The summed E-state index contributed by atoms with van der Waals surface area (Å²) in [5, 5.41) is 0. The lowest BCUT2D eigenvalue weighted by atomic mass is 9.95. The van der Waals surface area contributed by atoms with Crippen LogP contribution in [-0.4, -0.2) is 60.0 Å². The third kappa shape index (κ3) is 5.17. The first kappa shape index (κ1) is 23.1. The van der Waals surface area contributed by atoms with Crippen molar-refractivity contribution in [2.45, 2.75) is 77.8 Å². The van der Waals surface area contributed by atoms with E-state index in [1.165, 1.54) is 49.7 Å². The van der Waals surface area contributed by atoms with Crippen LogP contribution in [0.5, 0.6) is 0 Å². The largest absolute Gasteiger partial charge is 0.346 e. The van der Waals surface area contributed by atoms with Crippen LogP contribution in [0, 0.1) is 13.8 Å². The van der Waals surface area contributed by atoms with E-state index in [1.807, 2.05) is 17.9 Å². The Bertz CT molecular complexity index is 874. The van der Waals surface area contributed by atoms with Crippen molar-refractivity contribution in [1.82, 2.24) is 13.8 Å². The molecule has 168 valence electrons. The Morgan fingerprint density at radius 2 is 1.77 bits per heavy atom. The first-order valence-electron chi connectivity index (χ1n) is 11.3. The lowest BCUT2D eigenvalue weighted by Crippen LogP contribution is -2.48. The van der Waals surface area contributed by atoms with Crippen LogP contribution < -0.4 is 0 Å². The summed E-state index contributed by atoms with van der Waals surface area (Å²) in [5.74, 6) is 0.0123. The molecule has 0 spiro atoms. The van der Waals surface area contributed by atoms with Gasteiger partial charge in [0.25, 0.3) is 0 Å². The molecule has 6 nitrogen and oxygen atoms in total. The second-order valence-corrected chi connectivity index (χ2v) is 10.8. The van der Waals surface area contributed by atoms with Crippen LogP contribution in [0.1, 0.15) is 74.9 Å². The number of aromatic nitrogens is 1. The summed E-state index contributed by atoms with van der Waals surface area (Å²) in [4.78, 5) is 14.6. The summed E-state index contributed by atoms with van der Waals surface area (Å²) in [6, 6.07) is 2.77. The Morgan fingerprint density at radius 1 is 1.13 bits per heavy atom. The maximum atomic E-state index is 12.7. The van der Waals surface area contributed by atoms with E-state index in [0.29, 0.717) is 38.5 Å². The lowest BCUT2D eigenvalue weighted by Gasteiger charge is -2.36. The molecule has 1 aromatic heterocycles. The molecule has 30 heavy (non-hydrogen) atoms. The van der Waals surface area contributed by atoms with Crippen LogP contribution in [0.2, 0.25) is 0 Å². The van der Waals surface area contributed by atoms with Gasteiger partial charge >= 0.3 is 0 Å². The van der Waals surface area contributed by atoms with Crippen LogP contribution in [0.4, 0.5) is 0 Å². The van der Waals surface area contributed by atoms with Crippen molar-refractivity contribution >= 4 is 22.0 Å². The van der Waals surface area contributed by atoms with Gasteiger partial charge < -0.3 is 9.47 Å². The molecule has 0 N–H and O–H groups in total. The molecule has 2 heterocycles. The highest BCUT2D eigenvalue weighted by atomic mass is 32.2. The molecule has 2 aliphatic rings. The Balaban J connectivity index is 1.62. The number of hydrogen-bond donors (Lipinski definition) is 0. The number of aryl methyl sites for hydroxylation is 1. The minimum absolute atomic E-state index is 0.00699. The molecule has 0 atom stereocenters. The molecule has 0 bridgehead atoms. The first-order chi connectivity index (χ1) is 14.2. The van der Waals surface area contributed by atoms with Crippen molar-refractivity contribution in [3.05, 3.63) is 29.1 Å². The highest BCUT2D eigenvalue weighted by Crippen LogP contribution is 2.32. The van der Waals surface area contributed by atoms with E-state index in [1.54, 1.807) is 10.4 Å². The average molecular weight is 436 g/mol. The van der Waals surface area contributed by atoms with E-state index in [-0.39, 0.29) is 11.9 Å². The molecular formula is C23H37N3O3S. The molecule has 0 unspecified atom stereocenters. The number of piperidine rings is 1. The van der Waals surface area contributed by atoms with Crippen LogP contribution in [0.25, 0.3) is 6.08 Å². The van der Waals surface area contributed by atoms with Gasteiger partial charge in [0.05, 0.1) is 6.26 Å². The van der Waals surface area contributed by atoms with Gasteiger partial charge in [0.15, 0.2) is 0 Å². The van der Waals surface area contributed by atoms with Gasteiger partial charge in [0, 0.05) is 49.2 Å². The van der Waals surface area contributed by atoms with Crippen molar-refractivity contribution in [1.29, 1.82) is 0 Å². The number of rotatable bonds is 6. The van der Waals surface area contributed by atoms with Gasteiger partial charge in [-0.3, -0.25) is 4.79 Å². The normalized spacial score (nSPS) is 19.8. The second kappa shape index (κ2) is 9.69. The number of amides is 1. The van der Waals surface area contributed by atoms with E-state index in [9.17, 15) is 13.2 Å². The fraction of sp³-hybridized carbons (Fsp3) is 0.696. The van der Waals surface area contributed by atoms with Crippen LogP contribution in [0.3, 0.4) is 0 Å². The quantitative estimate of drug-likeness (QED) is 0.637. The monoisotopic (exact) mass is 435 g/mol. The zero-order valence-electron chi connectivity index (χ0n) is 18.9. The summed E-state index contributed by atoms with van der Waals surface area (Å²) in [5.41, 5.74) is 3.64. The van der Waals surface area contributed by atoms with Crippen molar-refractivity contribution in [2.24, 2.45) is 0 Å². The van der Waals surface area contributed by atoms with E-state index in [2.05, 4.69) is 24.5 Å². The lowest BCUT2D eigenvalue weighted by molar-refractivity contribution is -0.127. The maximum absolute atomic E-state index is 12.7. The predicted octanol–water partition coefficient (Wildman–Crippen LogP) is 3.90. The number of sulfonamides is 1. The minimum Gasteiger partial charge on any atom is -0.346 e. The number of nitrogens with zero attached hydrogens (tertiary/aromatic N) is 3. The van der Waals surface area contributed by atoms with Gasteiger partial charge in [-0.15, -0.1) is 0 Å². The van der Waals surface area contributed by atoms with Crippen LogP contribution in [0.15, 0.2) is 12.1 Å². The molecule has 1 aliphatic carbocycles. The molecule has 1 saturated heterocycles. The zero-order chi connectivity index (χ0) is 21.9. The molecule has 0 radical (unpaired) electrons. The van der Waals surface area contributed by atoms with Gasteiger partial charge in [0.2, 0.25) is 15.9 Å². The van der Waals surface area contributed by atoms with Crippen LogP contribution >= 0.6 is 0 Å². The van der Waals surface area contributed by atoms with Gasteiger partial charge in [-0.2, -0.15) is 4.31 Å². The van der Waals surface area contributed by atoms with E-state index >= 15 is 0 Å². The van der Waals surface area contributed by atoms with Gasteiger partial charge in [-0.1, -0.05) is 26.2 Å². The average Bonchev–Trinajstić information content (AvgIpc) is 3.00. The Morgan fingerprint density at radius 3 is 2.33 bits per heavy atom. The summed E-state index contributed by atoms with van der Waals surface area (Å²) in [6.07, 6.45) is 12.7. The topological polar surface area (TPSA) is 62.6 Å². The number of carbonyl (C=O) groups is 1. The Labute approximate surface area is 182 Å². The van der Waals surface area contributed by atoms with Crippen molar-refractivity contribution < 1.29 is 13.2 Å². The fourth-order valence-corrected chi connectivity index (χ4v) is 6.50. The molecule has 1 saturated carbocycles. The summed E-state index contributed by atoms with van der Waals surface area (Å²) >= 11 is 0. The molecule has 3 rings (SSSR count). The third-order valence-electron chi connectivity index (χ3n) is 6.79. The highest BCUT2D eigenvalue weighted by molar-refractivity contribution is 7.88. The van der Waals surface area contributed by atoms with E-state index < -0.39 is 10.0 Å². The Hall–Kier alpha value is -1.60. The van der Waals surface area contributed by atoms with Crippen molar-refractivity contribution in [2.75, 3.05) is 25.9 Å². The number of likely N-dealkylation sites (tertiary alicyclic amines) is 1. The second-order valence-electron chi connectivity index (χ2n) is 8.84. The minimum atomic E-state index is -3.20. The molecule has 1 aromatic rings. The van der Waals surface area contributed by atoms with Gasteiger partial charge in [-0.05, 0) is 57.2 Å². The maximum Gasteiger partial charge on any atom is 0.246 e. The molecule has 7 heteroatoms. The van der Waals surface area contributed by atoms with E-state index in [4.69, 9.17) is 0 Å². The van der Waals surface area contributed by atoms with Crippen LogP contribution in [-0.2, 0) is 14.8 Å². The Kier molecular flexibility index (Phi) is 7.45. The van der Waals surface area contributed by atoms with Crippen molar-refractivity contribution in [3.63, 3.8) is 0 Å². The zero-order valence-corrected chi connectivity index (χ0v) is 19.7. The third-order valence-corrected chi connectivity index (χ3v) is 8.20.